The van der Waals surface area contributed by atoms with Gasteiger partial charge in [0.05, 0.1) is 18.1 Å². The van der Waals surface area contributed by atoms with E-state index in [1.165, 1.54) is 11.3 Å². The first-order valence-corrected chi connectivity index (χ1v) is 6.23. The zero-order valence-corrected chi connectivity index (χ0v) is 10.2. The number of aromatic amines is 1. The smallest absolute Gasteiger partial charge is 0.225 e. The summed E-state index contributed by atoms with van der Waals surface area (Å²) in [4.78, 5) is 13.5. The molecule has 2 N–H and O–H groups in total. The number of imidazole rings is 1. The van der Waals surface area contributed by atoms with Gasteiger partial charge >= 0.3 is 0 Å². The maximum atomic E-state index is 4.80. The van der Waals surface area contributed by atoms with Crippen LogP contribution in [0.25, 0.3) is 11.0 Å². The molecule has 0 saturated heterocycles. The van der Waals surface area contributed by atoms with Gasteiger partial charge in [-0.2, -0.15) is 0 Å². The predicted molar refractivity (Wildman–Crippen MR) is 67.7 cm³/mol. The van der Waals surface area contributed by atoms with Gasteiger partial charge in [0.15, 0.2) is 0 Å². The molecular weight excluding hydrogens is 222 g/mol. The predicted octanol–water partition coefficient (Wildman–Crippen LogP) is 3.04. The lowest BCUT2D eigenvalue weighted by atomic mass is 10.3. The second-order valence-electron chi connectivity index (χ2n) is 3.42. The van der Waals surface area contributed by atoms with Gasteiger partial charge in [-0.05, 0) is 30.4 Å². The van der Waals surface area contributed by atoms with E-state index in [4.69, 9.17) is 4.84 Å². The molecule has 2 aromatic rings. The normalized spacial score (nSPS) is 10.9. The van der Waals surface area contributed by atoms with Gasteiger partial charge in [0.25, 0.3) is 0 Å². The Balaban J connectivity index is 2.23. The highest BCUT2D eigenvalue weighted by Gasteiger charge is 2.03. The topological polar surface area (TPSA) is 49.9 Å². The van der Waals surface area contributed by atoms with E-state index in [2.05, 4.69) is 34.5 Å². The third-order valence-corrected chi connectivity index (χ3v) is 3.32. The zero-order chi connectivity index (χ0) is 11.4. The van der Waals surface area contributed by atoms with Crippen LogP contribution in [0.15, 0.2) is 23.1 Å². The lowest BCUT2D eigenvalue weighted by Gasteiger charge is -1.98. The van der Waals surface area contributed by atoms with Crippen molar-refractivity contribution in [2.45, 2.75) is 18.2 Å². The third kappa shape index (κ3) is 2.48. The van der Waals surface area contributed by atoms with Crippen molar-refractivity contribution in [3.05, 3.63) is 18.2 Å². The van der Waals surface area contributed by atoms with Crippen molar-refractivity contribution in [2.75, 3.05) is 18.3 Å². The number of anilines is 1. The van der Waals surface area contributed by atoms with Gasteiger partial charge < -0.3 is 4.98 Å². The van der Waals surface area contributed by atoms with E-state index in [0.717, 1.165) is 16.8 Å². The molecule has 0 aliphatic carbocycles. The highest BCUT2D eigenvalue weighted by atomic mass is 32.2. The molecule has 0 saturated carbocycles. The van der Waals surface area contributed by atoms with Crippen LogP contribution in [0.5, 0.6) is 0 Å². The van der Waals surface area contributed by atoms with Crippen LogP contribution in [0.1, 0.15) is 13.3 Å². The van der Waals surface area contributed by atoms with Crippen molar-refractivity contribution >= 4 is 28.7 Å². The molecule has 1 aromatic heterocycles. The number of rotatable bonds is 5. The quantitative estimate of drug-likeness (QED) is 0.620. The van der Waals surface area contributed by atoms with E-state index in [9.17, 15) is 0 Å². The first-order chi connectivity index (χ1) is 7.83. The molecule has 5 heteroatoms. The lowest BCUT2D eigenvalue weighted by Crippen LogP contribution is -1.96. The van der Waals surface area contributed by atoms with Gasteiger partial charge in [0.1, 0.15) is 0 Å². The average Bonchev–Trinajstić information content (AvgIpc) is 2.68. The fourth-order valence-corrected chi connectivity index (χ4v) is 2.25. The Kier molecular flexibility index (Phi) is 3.69. The third-order valence-electron chi connectivity index (χ3n) is 2.12. The summed E-state index contributed by atoms with van der Waals surface area (Å²) in [6.07, 6.45) is 1.18. The van der Waals surface area contributed by atoms with E-state index >= 15 is 0 Å². The standard InChI is InChI=1S/C11H15N3OS/c1-3-6-16-8-4-5-9-10(7-8)13-11(12-9)14-15-2/h4-5,7H,3,6H2,1-2H3,(H2,12,13,14). The molecular formula is C11H15N3OS. The van der Waals surface area contributed by atoms with Crippen LogP contribution in [-0.2, 0) is 4.84 Å². The molecule has 86 valence electrons. The van der Waals surface area contributed by atoms with Gasteiger partial charge in [0, 0.05) is 4.90 Å². The molecule has 0 bridgehead atoms. The lowest BCUT2D eigenvalue weighted by molar-refractivity contribution is 0.267. The molecule has 0 spiro atoms. The molecule has 4 nitrogen and oxygen atoms in total. The maximum Gasteiger partial charge on any atom is 0.225 e. The van der Waals surface area contributed by atoms with Crippen LogP contribution in [0.4, 0.5) is 5.95 Å². The number of hydrogen-bond donors (Lipinski definition) is 2. The zero-order valence-electron chi connectivity index (χ0n) is 9.41. The Morgan fingerprint density at radius 2 is 2.38 bits per heavy atom. The summed E-state index contributed by atoms with van der Waals surface area (Å²) < 4.78 is 0. The molecule has 0 aliphatic rings. The number of nitrogens with zero attached hydrogens (tertiary/aromatic N) is 1. The molecule has 16 heavy (non-hydrogen) atoms. The monoisotopic (exact) mass is 237 g/mol. The first kappa shape index (κ1) is 11.3. The molecule has 1 aromatic carbocycles. The molecule has 0 atom stereocenters. The number of H-pyrrole nitrogens is 1. The van der Waals surface area contributed by atoms with E-state index in [1.807, 2.05) is 17.8 Å². The van der Waals surface area contributed by atoms with Crippen molar-refractivity contribution in [2.24, 2.45) is 0 Å². The average molecular weight is 237 g/mol. The Morgan fingerprint density at radius 3 is 3.12 bits per heavy atom. The van der Waals surface area contributed by atoms with Crippen molar-refractivity contribution in [1.82, 2.24) is 9.97 Å². The minimum atomic E-state index is 0.634. The maximum absolute atomic E-state index is 4.80. The summed E-state index contributed by atoms with van der Waals surface area (Å²) in [5.74, 6) is 1.78. The number of benzene rings is 1. The van der Waals surface area contributed by atoms with Crippen LogP contribution >= 0.6 is 11.8 Å². The molecule has 2 rings (SSSR count). The van der Waals surface area contributed by atoms with Gasteiger partial charge in [-0.1, -0.05) is 6.92 Å². The first-order valence-electron chi connectivity index (χ1n) is 5.25. The molecule has 0 aliphatic heterocycles. The van der Waals surface area contributed by atoms with Crippen LogP contribution in [0, 0.1) is 0 Å². The number of aromatic nitrogens is 2. The highest BCUT2D eigenvalue weighted by molar-refractivity contribution is 7.99. The van der Waals surface area contributed by atoms with Crippen molar-refractivity contribution in [3.8, 4) is 0 Å². The SMILES string of the molecule is CCCSc1ccc2nc(NOC)[nH]c2c1. The van der Waals surface area contributed by atoms with Gasteiger partial charge in [-0.3, -0.25) is 4.84 Å². The Bertz CT molecular complexity index is 469. The summed E-state index contributed by atoms with van der Waals surface area (Å²) in [6, 6.07) is 6.23. The summed E-state index contributed by atoms with van der Waals surface area (Å²) in [5, 5.41) is 0. The molecule has 0 fully saturated rings. The number of fused-ring (bicyclic) bond motifs is 1. The summed E-state index contributed by atoms with van der Waals surface area (Å²) >= 11 is 1.86. The molecule has 1 heterocycles. The summed E-state index contributed by atoms with van der Waals surface area (Å²) in [5.41, 5.74) is 4.66. The number of thioether (sulfide) groups is 1. The molecule has 0 unspecified atom stereocenters. The minimum Gasteiger partial charge on any atom is -0.322 e. The highest BCUT2D eigenvalue weighted by Crippen LogP contribution is 2.23. The second-order valence-corrected chi connectivity index (χ2v) is 4.59. The van der Waals surface area contributed by atoms with Gasteiger partial charge in [-0.15, -0.1) is 11.8 Å². The van der Waals surface area contributed by atoms with Crippen LogP contribution in [0.3, 0.4) is 0 Å². The number of nitrogens with one attached hydrogen (secondary N) is 2. The van der Waals surface area contributed by atoms with E-state index in [1.54, 1.807) is 7.11 Å². The fourth-order valence-electron chi connectivity index (χ4n) is 1.44. The van der Waals surface area contributed by atoms with Gasteiger partial charge in [0.2, 0.25) is 5.95 Å². The number of hydrogen-bond acceptors (Lipinski definition) is 4. The van der Waals surface area contributed by atoms with Crippen LogP contribution in [0.2, 0.25) is 0 Å². The summed E-state index contributed by atoms with van der Waals surface area (Å²) in [6.45, 7) is 2.18. The van der Waals surface area contributed by atoms with Crippen molar-refractivity contribution < 1.29 is 4.84 Å². The van der Waals surface area contributed by atoms with E-state index in [-0.39, 0.29) is 0 Å². The fraction of sp³-hybridized carbons (Fsp3) is 0.364. The second kappa shape index (κ2) is 5.23. The van der Waals surface area contributed by atoms with E-state index in [0.29, 0.717) is 5.95 Å². The van der Waals surface area contributed by atoms with Gasteiger partial charge in [-0.25, -0.2) is 10.5 Å². The van der Waals surface area contributed by atoms with Crippen LogP contribution < -0.4 is 5.48 Å². The largest absolute Gasteiger partial charge is 0.322 e. The van der Waals surface area contributed by atoms with E-state index < -0.39 is 0 Å². The Morgan fingerprint density at radius 1 is 1.50 bits per heavy atom. The molecule has 0 radical (unpaired) electrons. The summed E-state index contributed by atoms with van der Waals surface area (Å²) in [7, 11) is 1.57. The Labute approximate surface area is 98.7 Å². The van der Waals surface area contributed by atoms with Crippen LogP contribution in [-0.4, -0.2) is 22.8 Å². The van der Waals surface area contributed by atoms with Crippen molar-refractivity contribution in [1.29, 1.82) is 0 Å². The molecule has 0 amide bonds. The van der Waals surface area contributed by atoms with Crippen molar-refractivity contribution in [3.63, 3.8) is 0 Å². The minimum absolute atomic E-state index is 0.634. The Hall–Kier alpha value is -1.20.